The number of aliphatic imine (C=N–C) groups is 1. The molecule has 1 aliphatic heterocycles. The van der Waals surface area contributed by atoms with Crippen molar-refractivity contribution in [2.24, 2.45) is 4.99 Å². The average molecular weight is 366 g/mol. The van der Waals surface area contributed by atoms with Gasteiger partial charge in [0.1, 0.15) is 13.1 Å². The van der Waals surface area contributed by atoms with Gasteiger partial charge in [-0.1, -0.05) is 64.0 Å². The lowest BCUT2D eigenvalue weighted by Gasteiger charge is -2.37. The minimum absolute atomic E-state index is 0.279. The van der Waals surface area contributed by atoms with E-state index in [4.69, 9.17) is 4.99 Å². The van der Waals surface area contributed by atoms with Gasteiger partial charge in [-0.3, -0.25) is 4.48 Å². The van der Waals surface area contributed by atoms with E-state index in [1.54, 1.807) is 0 Å². The molecule has 0 fully saturated rings. The van der Waals surface area contributed by atoms with Crippen molar-refractivity contribution >= 4 is 6.21 Å². The number of hydrogen-bond donors (Lipinski definition) is 1. The van der Waals surface area contributed by atoms with Crippen LogP contribution in [0, 0.1) is 0 Å². The van der Waals surface area contributed by atoms with E-state index in [1.807, 2.05) is 0 Å². The van der Waals surface area contributed by atoms with Crippen molar-refractivity contribution in [1.82, 2.24) is 0 Å². The van der Waals surface area contributed by atoms with Crippen molar-refractivity contribution in [3.63, 3.8) is 0 Å². The van der Waals surface area contributed by atoms with Crippen molar-refractivity contribution in [2.45, 2.75) is 103 Å². The Morgan fingerprint density at radius 3 is 2.15 bits per heavy atom. The maximum Gasteiger partial charge on any atom is 0.182 e. The van der Waals surface area contributed by atoms with E-state index >= 15 is 0 Å². The molecular weight excluding hydrogens is 320 g/mol. The SMILES string of the molecule is CCCCC/C=C/CCCCCCCCCC1N=CC[N+]1(CC)CCO. The van der Waals surface area contributed by atoms with Crippen LogP contribution in [0.1, 0.15) is 97.3 Å². The van der Waals surface area contributed by atoms with Crippen LogP contribution in [0.5, 0.6) is 0 Å². The fourth-order valence-corrected chi connectivity index (χ4v) is 4.10. The highest BCUT2D eigenvalue weighted by Gasteiger charge is 2.36. The van der Waals surface area contributed by atoms with E-state index in [1.165, 1.54) is 83.5 Å². The number of hydrogen-bond acceptors (Lipinski definition) is 2. The third-order valence-corrected chi connectivity index (χ3v) is 6.00. The van der Waals surface area contributed by atoms with E-state index in [9.17, 15) is 5.11 Å². The highest BCUT2D eigenvalue weighted by atomic mass is 16.3. The van der Waals surface area contributed by atoms with Crippen molar-refractivity contribution in [2.75, 3.05) is 26.2 Å². The maximum absolute atomic E-state index is 9.36. The predicted octanol–water partition coefficient (Wildman–Crippen LogP) is 5.87. The van der Waals surface area contributed by atoms with Crippen LogP contribution in [0.2, 0.25) is 0 Å². The molecular formula is C23H45N2O+. The van der Waals surface area contributed by atoms with E-state index in [2.05, 4.69) is 32.2 Å². The quantitative estimate of drug-likeness (QED) is 0.195. The largest absolute Gasteiger partial charge is 0.391 e. The number of allylic oxidation sites excluding steroid dienone is 2. The van der Waals surface area contributed by atoms with Crippen LogP contribution in [-0.2, 0) is 0 Å². The molecule has 2 atom stereocenters. The number of quaternary nitrogens is 1. The Morgan fingerprint density at radius 2 is 1.54 bits per heavy atom. The van der Waals surface area contributed by atoms with Gasteiger partial charge in [-0.05, 0) is 39.0 Å². The summed E-state index contributed by atoms with van der Waals surface area (Å²) in [6, 6.07) is 0. The molecule has 0 aromatic carbocycles. The zero-order chi connectivity index (χ0) is 18.9. The van der Waals surface area contributed by atoms with Gasteiger partial charge in [0.05, 0.1) is 19.4 Å². The maximum atomic E-state index is 9.36. The number of unbranched alkanes of at least 4 members (excludes halogenated alkanes) is 10. The summed E-state index contributed by atoms with van der Waals surface area (Å²) in [6.07, 6.45) is 24.6. The molecule has 3 nitrogen and oxygen atoms in total. The molecule has 0 spiro atoms. The fraction of sp³-hybridized carbons (Fsp3) is 0.870. The van der Waals surface area contributed by atoms with Gasteiger partial charge in [-0.25, -0.2) is 4.99 Å². The lowest BCUT2D eigenvalue weighted by molar-refractivity contribution is -0.936. The summed E-state index contributed by atoms with van der Waals surface area (Å²) < 4.78 is 0.975. The molecule has 0 bridgehead atoms. The smallest absolute Gasteiger partial charge is 0.182 e. The molecule has 1 heterocycles. The number of rotatable bonds is 17. The van der Waals surface area contributed by atoms with Gasteiger partial charge in [-0.15, -0.1) is 0 Å². The molecule has 0 saturated heterocycles. The normalized spacial score (nSPS) is 22.7. The van der Waals surface area contributed by atoms with E-state index < -0.39 is 0 Å². The van der Waals surface area contributed by atoms with Crippen molar-refractivity contribution in [3.05, 3.63) is 12.2 Å². The van der Waals surface area contributed by atoms with Crippen LogP contribution in [0.25, 0.3) is 0 Å². The topological polar surface area (TPSA) is 32.6 Å². The summed E-state index contributed by atoms with van der Waals surface area (Å²) in [5, 5.41) is 9.36. The Labute approximate surface area is 163 Å². The van der Waals surface area contributed by atoms with Gasteiger partial charge >= 0.3 is 0 Å². The molecule has 1 N–H and O–H groups in total. The molecule has 0 saturated carbocycles. The Morgan fingerprint density at radius 1 is 0.923 bits per heavy atom. The standard InChI is InChI=1S/C23H45N2O/c1-3-5-6-7-8-9-10-11-12-13-14-15-16-17-18-23-24-19-20-25(23,4-2)21-22-26/h8-9,19,23,26H,3-7,10-18,20-22H2,1-2H3/q+1/b9-8+. The summed E-state index contributed by atoms with van der Waals surface area (Å²) in [4.78, 5) is 4.71. The zero-order valence-corrected chi connectivity index (χ0v) is 17.7. The lowest BCUT2D eigenvalue weighted by Crippen LogP contribution is -2.53. The van der Waals surface area contributed by atoms with Crippen molar-refractivity contribution < 1.29 is 9.59 Å². The highest BCUT2D eigenvalue weighted by molar-refractivity contribution is 5.60. The van der Waals surface area contributed by atoms with Gasteiger partial charge < -0.3 is 5.11 Å². The van der Waals surface area contributed by atoms with Crippen LogP contribution >= 0.6 is 0 Å². The summed E-state index contributed by atoms with van der Waals surface area (Å²) in [6.45, 7) is 7.72. The minimum atomic E-state index is 0.279. The Hall–Kier alpha value is -0.670. The second-order valence-electron chi connectivity index (χ2n) is 8.00. The molecule has 3 heteroatoms. The van der Waals surface area contributed by atoms with Crippen LogP contribution < -0.4 is 0 Å². The zero-order valence-electron chi connectivity index (χ0n) is 17.7. The predicted molar refractivity (Wildman–Crippen MR) is 115 cm³/mol. The van der Waals surface area contributed by atoms with Crippen molar-refractivity contribution in [1.29, 1.82) is 0 Å². The van der Waals surface area contributed by atoms with E-state index in [0.717, 1.165) is 24.1 Å². The van der Waals surface area contributed by atoms with Crippen molar-refractivity contribution in [3.8, 4) is 0 Å². The van der Waals surface area contributed by atoms with E-state index in [-0.39, 0.29) is 6.61 Å². The second kappa shape index (κ2) is 15.4. The first-order chi connectivity index (χ1) is 12.8. The molecule has 0 aliphatic carbocycles. The first kappa shape index (κ1) is 23.4. The van der Waals surface area contributed by atoms with Crippen LogP contribution in [0.4, 0.5) is 0 Å². The molecule has 1 rings (SSSR count). The number of aliphatic hydroxyl groups is 1. The Kier molecular flexibility index (Phi) is 13.8. The summed E-state index contributed by atoms with van der Waals surface area (Å²) in [7, 11) is 0. The fourth-order valence-electron chi connectivity index (χ4n) is 4.10. The second-order valence-corrected chi connectivity index (χ2v) is 8.00. The number of nitrogens with zero attached hydrogens (tertiary/aromatic N) is 2. The molecule has 1 aliphatic rings. The third kappa shape index (κ3) is 9.32. The molecule has 0 aromatic rings. The monoisotopic (exact) mass is 365 g/mol. The highest BCUT2D eigenvalue weighted by Crippen LogP contribution is 2.24. The average Bonchev–Trinajstić information content (AvgIpc) is 3.05. The van der Waals surface area contributed by atoms with Gasteiger partial charge in [0.2, 0.25) is 0 Å². The molecule has 0 aromatic heterocycles. The third-order valence-electron chi connectivity index (χ3n) is 6.00. The lowest BCUT2D eigenvalue weighted by atomic mass is 10.1. The van der Waals surface area contributed by atoms with Crippen LogP contribution in [-0.4, -0.2) is 48.2 Å². The van der Waals surface area contributed by atoms with Gasteiger partial charge in [0, 0.05) is 6.42 Å². The molecule has 0 radical (unpaired) electrons. The Balaban J connectivity index is 1.94. The first-order valence-electron chi connectivity index (χ1n) is 11.4. The summed E-state index contributed by atoms with van der Waals surface area (Å²) in [5.74, 6) is 0. The van der Waals surface area contributed by atoms with Crippen LogP contribution in [0.15, 0.2) is 17.1 Å². The molecule has 152 valence electrons. The molecule has 26 heavy (non-hydrogen) atoms. The van der Waals surface area contributed by atoms with E-state index in [0.29, 0.717) is 6.17 Å². The van der Waals surface area contributed by atoms with Gasteiger partial charge in [-0.2, -0.15) is 0 Å². The number of aliphatic hydroxyl groups excluding tert-OH is 1. The molecule has 2 unspecified atom stereocenters. The summed E-state index contributed by atoms with van der Waals surface area (Å²) in [5.41, 5.74) is 0. The first-order valence-corrected chi connectivity index (χ1v) is 11.4. The van der Waals surface area contributed by atoms with Crippen LogP contribution in [0.3, 0.4) is 0 Å². The molecule has 0 amide bonds. The Bertz CT molecular complexity index is 380. The minimum Gasteiger partial charge on any atom is -0.391 e. The van der Waals surface area contributed by atoms with Gasteiger partial charge in [0.15, 0.2) is 6.17 Å². The van der Waals surface area contributed by atoms with Gasteiger partial charge in [0.25, 0.3) is 0 Å². The summed E-state index contributed by atoms with van der Waals surface area (Å²) >= 11 is 0. The number of likely N-dealkylation sites (N-methyl/N-ethyl adjacent to an activating group) is 1.